The van der Waals surface area contributed by atoms with Crippen LogP contribution >= 0.6 is 0 Å². The molecule has 17 heavy (non-hydrogen) atoms. The fourth-order valence-electron chi connectivity index (χ4n) is 2.31. The van der Waals surface area contributed by atoms with Crippen LogP contribution in [0.2, 0.25) is 0 Å². The molecular weight excluding hydrogens is 240 g/mol. The molecule has 0 aliphatic carbocycles. The zero-order chi connectivity index (χ0) is 12.8. The van der Waals surface area contributed by atoms with Crippen LogP contribution in [0.4, 0.5) is 5.82 Å². The lowest BCUT2D eigenvalue weighted by Crippen LogP contribution is -2.34. The van der Waals surface area contributed by atoms with E-state index in [1.807, 2.05) is 6.92 Å². The van der Waals surface area contributed by atoms with E-state index in [4.69, 9.17) is 5.73 Å². The second-order valence-corrected chi connectivity index (χ2v) is 6.36. The van der Waals surface area contributed by atoms with Gasteiger partial charge in [0.05, 0.1) is 5.69 Å². The molecule has 7 heteroatoms. The van der Waals surface area contributed by atoms with E-state index < -0.39 is 10.0 Å². The van der Waals surface area contributed by atoms with E-state index in [1.54, 1.807) is 14.0 Å². The summed E-state index contributed by atoms with van der Waals surface area (Å²) in [5.74, 6) is 0.0871. The van der Waals surface area contributed by atoms with Gasteiger partial charge in [-0.25, -0.2) is 8.42 Å². The van der Waals surface area contributed by atoms with Gasteiger partial charge in [0.2, 0.25) is 10.0 Å². The summed E-state index contributed by atoms with van der Waals surface area (Å²) >= 11 is 0. The number of nitrogen functional groups attached to an aromatic ring is 1. The van der Waals surface area contributed by atoms with E-state index in [0.29, 0.717) is 12.2 Å². The molecule has 0 spiro atoms. The monoisotopic (exact) mass is 258 g/mol. The summed E-state index contributed by atoms with van der Waals surface area (Å²) in [6.45, 7) is 4.21. The van der Waals surface area contributed by atoms with Crippen molar-refractivity contribution < 1.29 is 8.42 Å². The highest BCUT2D eigenvalue weighted by Gasteiger charge is 2.36. The normalized spacial score (nSPS) is 22.2. The molecule has 2 heterocycles. The number of nitrogens with zero attached hydrogens (tertiary/aromatic N) is 3. The van der Waals surface area contributed by atoms with Gasteiger partial charge in [0, 0.05) is 19.6 Å². The number of hydrogen-bond acceptors (Lipinski definition) is 4. The Hall–Kier alpha value is -1.08. The lowest BCUT2D eigenvalue weighted by atomic mass is 10.3. The third-order valence-corrected chi connectivity index (χ3v) is 5.54. The molecule has 1 aromatic rings. The number of anilines is 1. The fourth-order valence-corrected chi connectivity index (χ4v) is 4.31. The Morgan fingerprint density at radius 1 is 1.47 bits per heavy atom. The predicted molar refractivity (Wildman–Crippen MR) is 64.9 cm³/mol. The summed E-state index contributed by atoms with van der Waals surface area (Å²) in [6, 6.07) is 0.0407. The van der Waals surface area contributed by atoms with E-state index in [1.165, 1.54) is 8.99 Å². The van der Waals surface area contributed by atoms with Gasteiger partial charge in [-0.1, -0.05) is 0 Å². The second-order valence-electron chi connectivity index (χ2n) is 4.53. The van der Waals surface area contributed by atoms with Crippen LogP contribution in [0.3, 0.4) is 0 Å². The van der Waals surface area contributed by atoms with Gasteiger partial charge in [-0.05, 0) is 26.7 Å². The van der Waals surface area contributed by atoms with Crippen LogP contribution in [0.15, 0.2) is 4.90 Å². The number of sulfonamides is 1. The minimum Gasteiger partial charge on any atom is -0.381 e. The van der Waals surface area contributed by atoms with E-state index in [9.17, 15) is 8.42 Å². The van der Waals surface area contributed by atoms with E-state index >= 15 is 0 Å². The average molecular weight is 258 g/mol. The zero-order valence-electron chi connectivity index (χ0n) is 10.3. The molecule has 1 unspecified atom stereocenters. The summed E-state index contributed by atoms with van der Waals surface area (Å²) in [4.78, 5) is 0.161. The Labute approximate surface area is 101 Å². The van der Waals surface area contributed by atoms with Crippen molar-refractivity contribution in [2.75, 3.05) is 12.3 Å². The largest absolute Gasteiger partial charge is 0.381 e. The molecule has 2 rings (SSSR count). The minimum absolute atomic E-state index is 0.0407. The van der Waals surface area contributed by atoms with E-state index in [0.717, 1.165) is 12.8 Å². The zero-order valence-corrected chi connectivity index (χ0v) is 11.2. The summed E-state index contributed by atoms with van der Waals surface area (Å²) in [7, 11) is -1.81. The Bertz CT molecular complexity index is 535. The molecular formula is C10H18N4O2S. The molecule has 0 aromatic carbocycles. The Morgan fingerprint density at radius 3 is 2.53 bits per heavy atom. The number of nitrogens with two attached hydrogens (primary N) is 1. The summed E-state index contributed by atoms with van der Waals surface area (Å²) in [5.41, 5.74) is 6.29. The summed E-state index contributed by atoms with van der Waals surface area (Å²) < 4.78 is 28.0. The third-order valence-electron chi connectivity index (χ3n) is 3.36. The smallest absolute Gasteiger partial charge is 0.248 e. The van der Waals surface area contributed by atoms with Crippen molar-refractivity contribution in [3.63, 3.8) is 0 Å². The highest BCUT2D eigenvalue weighted by Crippen LogP contribution is 2.30. The molecule has 1 atom stereocenters. The van der Waals surface area contributed by atoms with Gasteiger partial charge in [0.25, 0.3) is 0 Å². The van der Waals surface area contributed by atoms with Crippen LogP contribution in [0.25, 0.3) is 0 Å². The van der Waals surface area contributed by atoms with Crippen LogP contribution in [-0.4, -0.2) is 35.1 Å². The van der Waals surface area contributed by atoms with Crippen molar-refractivity contribution in [1.29, 1.82) is 0 Å². The highest BCUT2D eigenvalue weighted by molar-refractivity contribution is 7.89. The summed E-state index contributed by atoms with van der Waals surface area (Å²) in [5, 5.41) is 3.96. The fraction of sp³-hybridized carbons (Fsp3) is 0.700. The van der Waals surface area contributed by atoms with Crippen molar-refractivity contribution in [3.05, 3.63) is 5.69 Å². The van der Waals surface area contributed by atoms with Gasteiger partial charge < -0.3 is 5.73 Å². The number of aromatic nitrogens is 2. The van der Waals surface area contributed by atoms with E-state index in [-0.39, 0.29) is 16.8 Å². The SMILES string of the molecule is Cc1c(S(=O)(=O)N2CCCC2C)c(N)nn1C. The number of hydrogen-bond donors (Lipinski definition) is 1. The Balaban J connectivity index is 2.52. The summed E-state index contributed by atoms with van der Waals surface area (Å²) in [6.07, 6.45) is 1.80. The van der Waals surface area contributed by atoms with Crippen molar-refractivity contribution in [1.82, 2.24) is 14.1 Å². The molecule has 0 saturated carbocycles. The van der Waals surface area contributed by atoms with Crippen LogP contribution in [0.1, 0.15) is 25.5 Å². The second kappa shape index (κ2) is 3.99. The van der Waals surface area contributed by atoms with Gasteiger partial charge in [0.1, 0.15) is 4.90 Å². The molecule has 1 aliphatic rings. The van der Waals surface area contributed by atoms with Crippen molar-refractivity contribution in [2.24, 2.45) is 7.05 Å². The Kier molecular flexibility index (Phi) is 2.90. The van der Waals surface area contributed by atoms with Crippen molar-refractivity contribution >= 4 is 15.8 Å². The molecule has 2 N–H and O–H groups in total. The first kappa shape index (κ1) is 12.4. The van der Waals surface area contributed by atoms with Crippen LogP contribution in [0.5, 0.6) is 0 Å². The molecule has 96 valence electrons. The molecule has 1 aromatic heterocycles. The number of rotatable bonds is 2. The molecule has 1 aliphatic heterocycles. The Morgan fingerprint density at radius 2 is 2.12 bits per heavy atom. The predicted octanol–water partition coefficient (Wildman–Crippen LogP) is 0.484. The molecule has 0 bridgehead atoms. The van der Waals surface area contributed by atoms with Crippen molar-refractivity contribution in [3.8, 4) is 0 Å². The standard InChI is InChI=1S/C10H18N4O2S/c1-7-5-4-6-14(7)17(15,16)9-8(2)13(3)12-10(9)11/h7H,4-6H2,1-3H3,(H2,11,12). The number of aryl methyl sites for hydroxylation is 1. The van der Waals surface area contributed by atoms with Crippen LogP contribution in [-0.2, 0) is 17.1 Å². The third kappa shape index (κ3) is 1.83. The first-order valence-corrected chi connectivity index (χ1v) is 7.10. The maximum atomic E-state index is 12.5. The molecule has 1 fully saturated rings. The van der Waals surface area contributed by atoms with Gasteiger partial charge in [-0.2, -0.15) is 9.40 Å². The maximum Gasteiger partial charge on any atom is 0.248 e. The lowest BCUT2D eigenvalue weighted by Gasteiger charge is -2.20. The first-order chi connectivity index (χ1) is 7.85. The average Bonchev–Trinajstić information content (AvgIpc) is 2.73. The van der Waals surface area contributed by atoms with Gasteiger partial charge >= 0.3 is 0 Å². The van der Waals surface area contributed by atoms with Gasteiger partial charge in [0.15, 0.2) is 5.82 Å². The quantitative estimate of drug-likeness (QED) is 0.836. The highest BCUT2D eigenvalue weighted by atomic mass is 32.2. The molecule has 1 saturated heterocycles. The van der Waals surface area contributed by atoms with Crippen LogP contribution in [0, 0.1) is 6.92 Å². The molecule has 6 nitrogen and oxygen atoms in total. The first-order valence-electron chi connectivity index (χ1n) is 5.66. The molecule has 0 amide bonds. The van der Waals surface area contributed by atoms with Gasteiger partial charge in [-0.3, -0.25) is 4.68 Å². The topological polar surface area (TPSA) is 81.2 Å². The molecule has 0 radical (unpaired) electrons. The minimum atomic E-state index is -3.50. The van der Waals surface area contributed by atoms with Gasteiger partial charge in [-0.15, -0.1) is 0 Å². The van der Waals surface area contributed by atoms with Crippen molar-refractivity contribution in [2.45, 2.75) is 37.6 Å². The lowest BCUT2D eigenvalue weighted by molar-refractivity contribution is 0.408. The maximum absolute atomic E-state index is 12.5. The van der Waals surface area contributed by atoms with E-state index in [2.05, 4.69) is 5.10 Å². The van der Waals surface area contributed by atoms with Crippen LogP contribution < -0.4 is 5.73 Å².